The Morgan fingerprint density at radius 1 is 1.20 bits per heavy atom. The van der Waals surface area contributed by atoms with Crippen LogP contribution in [0.4, 0.5) is 0 Å². The number of pyridine rings is 1. The first-order chi connectivity index (χ1) is 14.4. The summed E-state index contributed by atoms with van der Waals surface area (Å²) in [5.74, 6) is 0.767. The number of rotatable bonds is 6. The van der Waals surface area contributed by atoms with Gasteiger partial charge < -0.3 is 20.0 Å². The van der Waals surface area contributed by atoms with Gasteiger partial charge in [-0.2, -0.15) is 0 Å². The lowest BCUT2D eigenvalue weighted by atomic mass is 9.85. The molecule has 3 aromatic rings. The molecular weight excluding hydrogens is 376 g/mol. The number of aldehydes is 1. The fourth-order valence-electron chi connectivity index (χ4n) is 4.18. The van der Waals surface area contributed by atoms with Crippen molar-refractivity contribution in [2.24, 2.45) is 0 Å². The highest BCUT2D eigenvalue weighted by Gasteiger charge is 2.42. The van der Waals surface area contributed by atoms with E-state index in [1.807, 2.05) is 57.2 Å². The number of fused-ring (bicyclic) bond motifs is 2. The Balaban J connectivity index is 1.69. The highest BCUT2D eigenvalue weighted by Crippen LogP contribution is 2.42. The normalized spacial score (nSPS) is 19.9. The van der Waals surface area contributed by atoms with Crippen LogP contribution in [-0.4, -0.2) is 34.6 Å². The van der Waals surface area contributed by atoms with Crippen LogP contribution < -0.4 is 10.1 Å². The predicted molar refractivity (Wildman–Crippen MR) is 118 cm³/mol. The molecule has 30 heavy (non-hydrogen) atoms. The zero-order chi connectivity index (χ0) is 21.3. The maximum absolute atomic E-state index is 11.1. The van der Waals surface area contributed by atoms with Crippen molar-refractivity contribution in [1.29, 1.82) is 0 Å². The summed E-state index contributed by atoms with van der Waals surface area (Å²) in [6, 6.07) is 16.0. The second-order valence-electron chi connectivity index (χ2n) is 8.53. The van der Waals surface area contributed by atoms with Gasteiger partial charge in [-0.25, -0.2) is 0 Å². The Bertz CT molecular complexity index is 1060. The van der Waals surface area contributed by atoms with E-state index in [1.165, 1.54) is 5.56 Å². The van der Waals surface area contributed by atoms with Crippen molar-refractivity contribution in [2.45, 2.75) is 51.4 Å². The Morgan fingerprint density at radius 3 is 2.70 bits per heavy atom. The first-order valence-electron chi connectivity index (χ1n) is 10.4. The third-order valence-corrected chi connectivity index (χ3v) is 5.85. The average Bonchev–Trinajstić information content (AvgIpc) is 2.71. The Morgan fingerprint density at radius 2 is 1.97 bits per heavy atom. The number of ether oxygens (including phenoxy) is 1. The second-order valence-corrected chi connectivity index (χ2v) is 8.53. The van der Waals surface area contributed by atoms with Gasteiger partial charge in [-0.3, -0.25) is 4.98 Å². The van der Waals surface area contributed by atoms with Crippen LogP contribution in [0.1, 0.15) is 42.3 Å². The number of aryl methyl sites for hydroxylation is 1. The number of aliphatic hydroxyl groups excluding tert-OH is 1. The maximum atomic E-state index is 11.1. The number of benzene rings is 2. The Kier molecular flexibility index (Phi) is 5.58. The molecule has 0 fully saturated rings. The van der Waals surface area contributed by atoms with Gasteiger partial charge in [0.25, 0.3) is 0 Å². The fraction of sp³-hybridized carbons (Fsp3) is 0.360. The van der Waals surface area contributed by atoms with E-state index in [0.29, 0.717) is 6.42 Å². The lowest BCUT2D eigenvalue weighted by Gasteiger charge is -2.42. The van der Waals surface area contributed by atoms with E-state index in [-0.39, 0.29) is 6.04 Å². The Hall–Kier alpha value is -2.76. The molecule has 2 unspecified atom stereocenters. The summed E-state index contributed by atoms with van der Waals surface area (Å²) in [5.41, 5.74) is 4.06. The molecule has 5 heteroatoms. The number of hydrogen-bond acceptors (Lipinski definition) is 5. The van der Waals surface area contributed by atoms with Crippen LogP contribution in [0.25, 0.3) is 10.9 Å². The van der Waals surface area contributed by atoms with Gasteiger partial charge in [-0.05, 0) is 63.1 Å². The minimum absolute atomic E-state index is 0.270. The molecule has 2 atom stereocenters. The summed E-state index contributed by atoms with van der Waals surface area (Å²) in [6.07, 6.45) is 1.32. The standard InChI is InChI=1S/C25H28N2O3/c1-16-13-18(10-12-28)27-21-14-20-22(15-19(16)21)30-25(2,3)24(29)23(20)26-11-9-17-7-5-4-6-8-17/h4-8,12-15,23-24,26,29H,9-11H2,1-3H3. The van der Waals surface area contributed by atoms with Crippen molar-refractivity contribution >= 4 is 17.2 Å². The van der Waals surface area contributed by atoms with Gasteiger partial charge in [-0.15, -0.1) is 0 Å². The molecule has 2 aromatic carbocycles. The number of nitrogens with one attached hydrogen (secondary N) is 1. The zero-order valence-electron chi connectivity index (χ0n) is 17.7. The SMILES string of the molecule is Cc1cc(CC=O)nc2cc3c(cc12)OC(C)(C)C(O)C3NCCc1ccccc1. The van der Waals surface area contributed by atoms with Gasteiger partial charge in [0.2, 0.25) is 0 Å². The molecule has 0 radical (unpaired) electrons. The molecule has 2 N–H and O–H groups in total. The third-order valence-electron chi connectivity index (χ3n) is 5.85. The average molecular weight is 405 g/mol. The second kappa shape index (κ2) is 8.17. The van der Waals surface area contributed by atoms with E-state index in [0.717, 1.165) is 52.7 Å². The van der Waals surface area contributed by atoms with Crippen molar-refractivity contribution in [3.8, 4) is 5.75 Å². The molecule has 0 bridgehead atoms. The fourth-order valence-corrected chi connectivity index (χ4v) is 4.18. The van der Waals surface area contributed by atoms with Crippen LogP contribution in [0.5, 0.6) is 5.75 Å². The molecule has 0 aliphatic carbocycles. The number of aromatic nitrogens is 1. The van der Waals surface area contributed by atoms with Crippen molar-refractivity contribution in [1.82, 2.24) is 10.3 Å². The summed E-state index contributed by atoms with van der Waals surface area (Å²) in [5, 5.41) is 15.6. The summed E-state index contributed by atoms with van der Waals surface area (Å²) >= 11 is 0. The molecule has 1 aliphatic rings. The Labute approximate surface area is 177 Å². The monoisotopic (exact) mass is 404 g/mol. The number of nitrogens with zero attached hydrogens (tertiary/aromatic N) is 1. The minimum atomic E-state index is -0.718. The lowest BCUT2D eigenvalue weighted by molar-refractivity contribution is -0.107. The van der Waals surface area contributed by atoms with E-state index in [9.17, 15) is 9.90 Å². The molecule has 4 rings (SSSR count). The highest BCUT2D eigenvalue weighted by atomic mass is 16.5. The maximum Gasteiger partial charge on any atom is 0.131 e. The van der Waals surface area contributed by atoms with Gasteiger partial charge in [-0.1, -0.05) is 30.3 Å². The van der Waals surface area contributed by atoms with Gasteiger partial charge in [0, 0.05) is 23.1 Å². The van der Waals surface area contributed by atoms with Crippen molar-refractivity contribution in [3.63, 3.8) is 0 Å². The van der Waals surface area contributed by atoms with Gasteiger partial charge in [0.15, 0.2) is 0 Å². The zero-order valence-corrected chi connectivity index (χ0v) is 17.7. The summed E-state index contributed by atoms with van der Waals surface area (Å²) < 4.78 is 6.19. The van der Waals surface area contributed by atoms with Gasteiger partial charge >= 0.3 is 0 Å². The molecule has 1 aromatic heterocycles. The number of aliphatic hydroxyl groups is 1. The van der Waals surface area contributed by atoms with E-state index in [2.05, 4.69) is 22.4 Å². The summed E-state index contributed by atoms with van der Waals surface area (Å²) in [7, 11) is 0. The third kappa shape index (κ3) is 3.95. The van der Waals surface area contributed by atoms with Crippen molar-refractivity contribution in [3.05, 3.63) is 70.9 Å². The molecular formula is C25H28N2O3. The number of hydrogen-bond donors (Lipinski definition) is 2. The van der Waals surface area contributed by atoms with Crippen LogP contribution in [0, 0.1) is 6.92 Å². The van der Waals surface area contributed by atoms with Gasteiger partial charge in [0.05, 0.1) is 11.6 Å². The molecule has 0 saturated carbocycles. The van der Waals surface area contributed by atoms with Crippen LogP contribution in [0.3, 0.4) is 0 Å². The molecule has 0 amide bonds. The van der Waals surface area contributed by atoms with E-state index in [1.54, 1.807) is 0 Å². The van der Waals surface area contributed by atoms with Crippen molar-refractivity contribution in [2.75, 3.05) is 6.54 Å². The van der Waals surface area contributed by atoms with E-state index >= 15 is 0 Å². The number of carbonyl (C=O) groups is 1. The van der Waals surface area contributed by atoms with Crippen LogP contribution in [0.15, 0.2) is 48.5 Å². The first-order valence-corrected chi connectivity index (χ1v) is 10.4. The largest absolute Gasteiger partial charge is 0.485 e. The summed E-state index contributed by atoms with van der Waals surface area (Å²) in [6.45, 7) is 6.57. The number of carbonyl (C=O) groups excluding carboxylic acids is 1. The van der Waals surface area contributed by atoms with E-state index in [4.69, 9.17) is 4.74 Å². The minimum Gasteiger partial charge on any atom is -0.485 e. The molecule has 0 saturated heterocycles. The van der Waals surface area contributed by atoms with E-state index < -0.39 is 11.7 Å². The first kappa shape index (κ1) is 20.5. The molecule has 0 spiro atoms. The smallest absolute Gasteiger partial charge is 0.131 e. The lowest BCUT2D eigenvalue weighted by Crippen LogP contribution is -2.52. The topological polar surface area (TPSA) is 71.5 Å². The predicted octanol–water partition coefficient (Wildman–Crippen LogP) is 3.69. The molecule has 2 heterocycles. The van der Waals surface area contributed by atoms with Crippen molar-refractivity contribution < 1.29 is 14.6 Å². The molecule has 1 aliphatic heterocycles. The van der Waals surface area contributed by atoms with Crippen LogP contribution in [-0.2, 0) is 17.6 Å². The van der Waals surface area contributed by atoms with Gasteiger partial charge in [0.1, 0.15) is 23.7 Å². The quantitative estimate of drug-likeness (QED) is 0.613. The molecule has 156 valence electrons. The van der Waals surface area contributed by atoms with Crippen LogP contribution in [0.2, 0.25) is 0 Å². The summed E-state index contributed by atoms with van der Waals surface area (Å²) in [4.78, 5) is 15.6. The molecule has 5 nitrogen and oxygen atoms in total. The van der Waals surface area contributed by atoms with Crippen LogP contribution >= 0.6 is 0 Å². The highest BCUT2D eigenvalue weighted by molar-refractivity contribution is 5.85.